The minimum absolute atomic E-state index is 0.331. The maximum atomic E-state index is 13.0. The minimum atomic E-state index is -2.45. The van der Waals surface area contributed by atoms with Gasteiger partial charge in [-0.3, -0.25) is 9.35 Å². The third-order valence-electron chi connectivity index (χ3n) is 1.85. The van der Waals surface area contributed by atoms with Gasteiger partial charge in [-0.1, -0.05) is 13.0 Å². The molecule has 0 heterocycles. The average molecular weight is 215 g/mol. The van der Waals surface area contributed by atoms with Crippen LogP contribution in [0.15, 0.2) is 18.2 Å². The molecule has 14 heavy (non-hydrogen) atoms. The smallest absolute Gasteiger partial charge is 0.124 e. The lowest BCUT2D eigenvalue weighted by molar-refractivity contribution is 0.626. The van der Waals surface area contributed by atoms with Crippen molar-refractivity contribution in [2.75, 3.05) is 5.75 Å². The van der Waals surface area contributed by atoms with E-state index in [2.05, 4.69) is 0 Å². The maximum Gasteiger partial charge on any atom is 0.124 e. The van der Waals surface area contributed by atoms with Crippen molar-refractivity contribution in [1.29, 1.82) is 0 Å². The second-order valence-corrected chi connectivity index (χ2v) is 5.62. The van der Waals surface area contributed by atoms with E-state index in [1.807, 2.05) is 0 Å². The van der Waals surface area contributed by atoms with Gasteiger partial charge in [-0.2, -0.15) is 0 Å². The Balaban J connectivity index is 3.22. The molecule has 0 aliphatic rings. The highest BCUT2D eigenvalue weighted by molar-refractivity contribution is 7.99. The Morgan fingerprint density at radius 1 is 1.50 bits per heavy atom. The Kier molecular flexibility index (Phi) is 3.29. The highest BCUT2D eigenvalue weighted by Crippen LogP contribution is 2.06. The molecule has 2 nitrogen and oxygen atoms in total. The molecule has 0 aliphatic carbocycles. The largest absolute Gasteiger partial charge is 0.259 e. The van der Waals surface area contributed by atoms with E-state index in [1.54, 1.807) is 19.9 Å². The predicted octanol–water partition coefficient (Wildman–Crippen LogP) is 1.46. The van der Waals surface area contributed by atoms with E-state index in [4.69, 9.17) is 5.14 Å². The summed E-state index contributed by atoms with van der Waals surface area (Å²) in [7, 11) is -2.45. The van der Waals surface area contributed by atoms with E-state index in [9.17, 15) is 8.60 Å². The van der Waals surface area contributed by atoms with Crippen LogP contribution >= 0.6 is 0 Å². The topological polar surface area (TPSA) is 43.1 Å². The first-order chi connectivity index (χ1) is 6.43. The summed E-state index contributed by atoms with van der Waals surface area (Å²) in [5, 5.41) is 6.93. The summed E-state index contributed by atoms with van der Waals surface area (Å²) < 4.78 is 24.5. The highest BCUT2D eigenvalue weighted by Gasteiger charge is 1.99. The number of benzene rings is 1. The summed E-state index contributed by atoms with van der Waals surface area (Å²) in [6.45, 7) is 3.52. The van der Waals surface area contributed by atoms with Crippen molar-refractivity contribution in [3.05, 3.63) is 35.1 Å². The standard InChI is InChI=1S/C10H14FNOS/c1-3-14(12,13)7-9-4-8(2)5-10(11)6-9/h4-7H,3H2,1-2H3,(H2,12,13). The average Bonchev–Trinajstić information content (AvgIpc) is 2.01. The lowest BCUT2D eigenvalue weighted by atomic mass is 10.1. The van der Waals surface area contributed by atoms with Crippen molar-refractivity contribution < 1.29 is 8.60 Å². The fourth-order valence-electron chi connectivity index (χ4n) is 1.15. The van der Waals surface area contributed by atoms with Crippen LogP contribution < -0.4 is 5.14 Å². The molecule has 4 heteroatoms. The highest BCUT2D eigenvalue weighted by atomic mass is 32.2. The van der Waals surface area contributed by atoms with Crippen LogP contribution in [-0.4, -0.2) is 15.3 Å². The fourth-order valence-corrected chi connectivity index (χ4v) is 1.91. The van der Waals surface area contributed by atoms with Gasteiger partial charge in [0.05, 0.1) is 0 Å². The van der Waals surface area contributed by atoms with Gasteiger partial charge < -0.3 is 0 Å². The van der Waals surface area contributed by atoms with Gasteiger partial charge in [0.2, 0.25) is 0 Å². The minimum Gasteiger partial charge on any atom is -0.259 e. The lowest BCUT2D eigenvalue weighted by Gasteiger charge is -2.02. The van der Waals surface area contributed by atoms with Crippen molar-refractivity contribution in [2.24, 2.45) is 5.14 Å². The Labute approximate surface area is 84.1 Å². The molecule has 1 atom stereocenters. The molecule has 2 N–H and O–H groups in total. The van der Waals surface area contributed by atoms with Crippen LogP contribution in [0.5, 0.6) is 0 Å². The van der Waals surface area contributed by atoms with E-state index in [1.165, 1.54) is 17.5 Å². The molecule has 1 unspecified atom stereocenters. The van der Waals surface area contributed by atoms with Crippen molar-refractivity contribution >= 4 is 15.1 Å². The third-order valence-corrected chi connectivity index (χ3v) is 3.42. The van der Waals surface area contributed by atoms with Crippen LogP contribution in [0, 0.1) is 12.7 Å². The lowest BCUT2D eigenvalue weighted by Crippen LogP contribution is -2.18. The van der Waals surface area contributed by atoms with Gasteiger partial charge >= 0.3 is 0 Å². The molecule has 1 rings (SSSR count). The molecule has 0 saturated heterocycles. The molecule has 0 spiro atoms. The summed E-state index contributed by atoms with van der Waals surface area (Å²) >= 11 is 0. The molecule has 0 bridgehead atoms. The summed E-state index contributed by atoms with van der Waals surface area (Å²) in [4.78, 5) is 0. The molecule has 0 amide bonds. The van der Waals surface area contributed by atoms with Gasteiger partial charge in [0.1, 0.15) is 5.82 Å². The van der Waals surface area contributed by atoms with E-state index >= 15 is 0 Å². The number of halogens is 1. The Bertz CT molecular complexity index is 427. The first-order valence-electron chi connectivity index (χ1n) is 4.34. The van der Waals surface area contributed by atoms with Crippen LogP contribution in [0.1, 0.15) is 18.1 Å². The number of aryl methyl sites for hydroxylation is 1. The zero-order valence-electron chi connectivity index (χ0n) is 8.29. The van der Waals surface area contributed by atoms with E-state index < -0.39 is 9.71 Å². The number of nitrogens with two attached hydrogens (primary N) is 1. The number of rotatable bonds is 2. The normalized spacial score (nSPS) is 14.9. The van der Waals surface area contributed by atoms with Gasteiger partial charge in [-0.25, -0.2) is 4.39 Å². The first-order valence-corrected chi connectivity index (χ1v) is 6.20. The quantitative estimate of drug-likeness (QED) is 0.746. The van der Waals surface area contributed by atoms with Gasteiger partial charge in [-0.05, 0) is 30.2 Å². The van der Waals surface area contributed by atoms with E-state index in [0.29, 0.717) is 11.3 Å². The van der Waals surface area contributed by atoms with Crippen LogP contribution in [0.2, 0.25) is 0 Å². The Morgan fingerprint density at radius 3 is 2.64 bits per heavy atom. The molecule has 0 saturated carbocycles. The van der Waals surface area contributed by atoms with Crippen LogP contribution in [0.4, 0.5) is 4.39 Å². The van der Waals surface area contributed by atoms with Gasteiger partial charge in [0.25, 0.3) is 0 Å². The molecule has 0 radical (unpaired) electrons. The second-order valence-electron chi connectivity index (χ2n) is 3.25. The summed E-state index contributed by atoms with van der Waals surface area (Å²) in [5.41, 5.74) is 1.37. The molecular weight excluding hydrogens is 201 g/mol. The van der Waals surface area contributed by atoms with Crippen molar-refractivity contribution in [3.63, 3.8) is 0 Å². The van der Waals surface area contributed by atoms with E-state index in [0.717, 1.165) is 5.56 Å². The number of hydrogen-bond acceptors (Lipinski definition) is 1. The molecule has 1 aromatic carbocycles. The second kappa shape index (κ2) is 4.11. The first kappa shape index (κ1) is 11.2. The van der Waals surface area contributed by atoms with Crippen molar-refractivity contribution in [3.8, 4) is 0 Å². The van der Waals surface area contributed by atoms with Gasteiger partial charge in [-0.15, -0.1) is 0 Å². The van der Waals surface area contributed by atoms with Crippen molar-refractivity contribution in [1.82, 2.24) is 0 Å². The summed E-state index contributed by atoms with van der Waals surface area (Å²) in [5.74, 6) is 0.0327. The van der Waals surface area contributed by atoms with Crippen LogP contribution in [0.25, 0.3) is 0 Å². The molecule has 0 aromatic heterocycles. The maximum absolute atomic E-state index is 13.0. The predicted molar refractivity (Wildman–Crippen MR) is 59.2 cm³/mol. The summed E-state index contributed by atoms with van der Waals surface area (Å²) in [6, 6.07) is 4.50. The zero-order valence-corrected chi connectivity index (χ0v) is 9.10. The molecular formula is C10H14FNOS. The SMILES string of the molecule is CCS(N)(=O)=Cc1cc(C)cc(F)c1. The Hall–Kier alpha value is -0.870. The van der Waals surface area contributed by atoms with Gasteiger partial charge in [0, 0.05) is 20.8 Å². The Morgan fingerprint density at radius 2 is 2.14 bits per heavy atom. The zero-order chi connectivity index (χ0) is 10.8. The van der Waals surface area contributed by atoms with Crippen molar-refractivity contribution in [2.45, 2.75) is 13.8 Å². The molecule has 1 aromatic rings. The fraction of sp³-hybridized carbons (Fsp3) is 0.300. The monoisotopic (exact) mass is 215 g/mol. The van der Waals surface area contributed by atoms with E-state index in [-0.39, 0.29) is 5.82 Å². The van der Waals surface area contributed by atoms with Gasteiger partial charge in [0.15, 0.2) is 0 Å². The third kappa shape index (κ3) is 3.12. The molecule has 0 fully saturated rings. The van der Waals surface area contributed by atoms with Crippen LogP contribution in [0.3, 0.4) is 0 Å². The van der Waals surface area contributed by atoms with Crippen LogP contribution in [-0.2, 0) is 9.71 Å². The number of hydrogen-bond donors (Lipinski definition) is 1. The molecule has 78 valence electrons. The molecule has 0 aliphatic heterocycles. The summed E-state index contributed by atoms with van der Waals surface area (Å²) in [6.07, 6.45) is 0.